The van der Waals surface area contributed by atoms with Crippen LogP contribution in [-0.4, -0.2) is 31.9 Å². The molecule has 0 atom stereocenters. The number of nitrogens with zero attached hydrogens (tertiary/aromatic N) is 2. The number of rotatable bonds is 8. The Labute approximate surface area is 158 Å². The fourth-order valence-electron chi connectivity index (χ4n) is 2.60. The lowest BCUT2D eigenvalue weighted by Gasteiger charge is -2.22. The summed E-state index contributed by atoms with van der Waals surface area (Å²) >= 11 is 0. The van der Waals surface area contributed by atoms with Crippen molar-refractivity contribution < 1.29 is 22.3 Å². The van der Waals surface area contributed by atoms with Gasteiger partial charge in [0, 0.05) is 12.3 Å². The minimum Gasteiger partial charge on any atom is -0.497 e. The summed E-state index contributed by atoms with van der Waals surface area (Å²) in [4.78, 5) is 4.26. The summed E-state index contributed by atoms with van der Waals surface area (Å²) in [5, 5.41) is 0. The number of pyridine rings is 1. The third kappa shape index (κ3) is 4.29. The van der Waals surface area contributed by atoms with Gasteiger partial charge in [-0.25, -0.2) is 8.42 Å². The highest BCUT2D eigenvalue weighted by Gasteiger charge is 2.29. The molecule has 2 aromatic heterocycles. The smallest absolute Gasteiger partial charge is 0.247 e. The molecule has 0 unspecified atom stereocenters. The second-order valence-corrected chi connectivity index (χ2v) is 7.60. The number of aromatic nitrogens is 1. The van der Waals surface area contributed by atoms with E-state index in [1.54, 1.807) is 42.6 Å². The number of benzene rings is 1. The summed E-state index contributed by atoms with van der Waals surface area (Å²) in [6.07, 6.45) is 3.13. The van der Waals surface area contributed by atoms with Crippen LogP contribution < -0.4 is 9.47 Å². The molecule has 0 aliphatic carbocycles. The van der Waals surface area contributed by atoms with Gasteiger partial charge in [-0.05, 0) is 36.4 Å². The lowest BCUT2D eigenvalue weighted by atomic mass is 10.3. The molecule has 2 heterocycles. The van der Waals surface area contributed by atoms with Gasteiger partial charge in [0.15, 0.2) is 0 Å². The molecular formula is C19H20N2O5S. The Morgan fingerprint density at radius 2 is 1.89 bits per heavy atom. The van der Waals surface area contributed by atoms with Crippen LogP contribution in [0, 0.1) is 0 Å². The van der Waals surface area contributed by atoms with E-state index in [2.05, 4.69) is 4.98 Å². The summed E-state index contributed by atoms with van der Waals surface area (Å²) < 4.78 is 44.0. The molecule has 7 nitrogen and oxygen atoms in total. The van der Waals surface area contributed by atoms with Crippen LogP contribution in [0.4, 0.5) is 0 Å². The van der Waals surface area contributed by atoms with Gasteiger partial charge in [-0.1, -0.05) is 6.07 Å². The van der Waals surface area contributed by atoms with Crippen molar-refractivity contribution in [3.8, 4) is 11.5 Å². The highest BCUT2D eigenvalue weighted by Crippen LogP contribution is 2.32. The molecule has 3 rings (SSSR count). The minimum atomic E-state index is -3.92. The normalized spacial score (nSPS) is 11.5. The molecule has 142 valence electrons. The monoisotopic (exact) mass is 388 g/mol. The van der Waals surface area contributed by atoms with Crippen LogP contribution in [0.3, 0.4) is 0 Å². The molecule has 1 aromatic carbocycles. The molecular weight excluding hydrogens is 368 g/mol. The highest BCUT2D eigenvalue weighted by molar-refractivity contribution is 7.89. The van der Waals surface area contributed by atoms with E-state index in [-0.39, 0.29) is 23.7 Å². The van der Waals surface area contributed by atoms with Gasteiger partial charge in [-0.3, -0.25) is 4.98 Å². The molecule has 0 radical (unpaired) electrons. The standard InChI is InChI=1S/C19H20N2O5S/c1-24-16-8-9-18(25-2)19(12-16)27(22,23)21(14-17-7-5-11-26-17)13-15-6-3-4-10-20-15/h3-12H,13-14H2,1-2H3. The summed E-state index contributed by atoms with van der Waals surface area (Å²) in [6.45, 7) is 0.149. The molecule has 0 saturated carbocycles. The molecule has 27 heavy (non-hydrogen) atoms. The Bertz CT molecular complexity index is 973. The van der Waals surface area contributed by atoms with Gasteiger partial charge in [-0.15, -0.1) is 0 Å². The quantitative estimate of drug-likeness (QED) is 0.590. The molecule has 0 bridgehead atoms. The molecule has 0 aliphatic heterocycles. The summed E-state index contributed by atoms with van der Waals surface area (Å²) in [5.41, 5.74) is 0.620. The summed E-state index contributed by atoms with van der Waals surface area (Å²) in [6, 6.07) is 13.5. The van der Waals surface area contributed by atoms with Crippen LogP contribution in [-0.2, 0) is 23.1 Å². The van der Waals surface area contributed by atoms with Gasteiger partial charge in [0.1, 0.15) is 22.2 Å². The zero-order chi connectivity index (χ0) is 19.3. The number of ether oxygens (including phenoxy) is 2. The van der Waals surface area contributed by atoms with Crippen LogP contribution >= 0.6 is 0 Å². The van der Waals surface area contributed by atoms with Gasteiger partial charge in [0.2, 0.25) is 10.0 Å². The molecule has 0 spiro atoms. The first-order chi connectivity index (χ1) is 13.0. The van der Waals surface area contributed by atoms with Crippen LogP contribution in [0.5, 0.6) is 11.5 Å². The van der Waals surface area contributed by atoms with Crippen molar-refractivity contribution in [2.24, 2.45) is 0 Å². The second kappa shape index (κ2) is 8.24. The van der Waals surface area contributed by atoms with E-state index in [1.165, 1.54) is 30.9 Å². The Kier molecular flexibility index (Phi) is 5.78. The molecule has 0 aliphatic rings. The van der Waals surface area contributed by atoms with E-state index >= 15 is 0 Å². The van der Waals surface area contributed by atoms with Gasteiger partial charge >= 0.3 is 0 Å². The van der Waals surface area contributed by atoms with Crippen molar-refractivity contribution in [2.45, 2.75) is 18.0 Å². The van der Waals surface area contributed by atoms with Crippen molar-refractivity contribution in [3.05, 3.63) is 72.4 Å². The predicted molar refractivity (Wildman–Crippen MR) is 98.9 cm³/mol. The maximum atomic E-state index is 13.4. The fourth-order valence-corrected chi connectivity index (χ4v) is 4.15. The van der Waals surface area contributed by atoms with Crippen molar-refractivity contribution in [1.29, 1.82) is 0 Å². The molecule has 0 amide bonds. The highest BCUT2D eigenvalue weighted by atomic mass is 32.2. The van der Waals surface area contributed by atoms with Crippen molar-refractivity contribution in [2.75, 3.05) is 14.2 Å². The number of hydrogen-bond donors (Lipinski definition) is 0. The topological polar surface area (TPSA) is 81.9 Å². The maximum absolute atomic E-state index is 13.4. The molecule has 0 fully saturated rings. The third-order valence-corrected chi connectivity index (χ3v) is 5.78. The Morgan fingerprint density at radius 3 is 2.52 bits per heavy atom. The first-order valence-corrected chi connectivity index (χ1v) is 9.63. The van der Waals surface area contributed by atoms with Crippen molar-refractivity contribution in [3.63, 3.8) is 0 Å². The lowest BCUT2D eigenvalue weighted by Crippen LogP contribution is -2.30. The number of furan rings is 1. The minimum absolute atomic E-state index is 0.0202. The zero-order valence-corrected chi connectivity index (χ0v) is 15.8. The first kappa shape index (κ1) is 18.9. The number of methoxy groups -OCH3 is 2. The van der Waals surface area contributed by atoms with Crippen LogP contribution in [0.15, 0.2) is 70.3 Å². The van der Waals surface area contributed by atoms with Gasteiger partial charge in [0.25, 0.3) is 0 Å². The van der Waals surface area contributed by atoms with Crippen LogP contribution in [0.25, 0.3) is 0 Å². The van der Waals surface area contributed by atoms with E-state index in [1.807, 2.05) is 6.07 Å². The van der Waals surface area contributed by atoms with E-state index in [4.69, 9.17) is 13.9 Å². The number of sulfonamides is 1. The lowest BCUT2D eigenvalue weighted by molar-refractivity contribution is 0.349. The molecule has 0 saturated heterocycles. The average Bonchev–Trinajstić information content (AvgIpc) is 3.21. The third-order valence-electron chi connectivity index (χ3n) is 3.97. The van der Waals surface area contributed by atoms with Gasteiger partial charge in [0.05, 0.1) is 39.3 Å². The Morgan fingerprint density at radius 1 is 1.04 bits per heavy atom. The predicted octanol–water partition coefficient (Wildman–Crippen LogP) is 3.08. The average molecular weight is 388 g/mol. The molecule has 3 aromatic rings. The van der Waals surface area contributed by atoms with E-state index < -0.39 is 10.0 Å². The van der Waals surface area contributed by atoms with Gasteiger partial charge < -0.3 is 13.9 Å². The summed E-state index contributed by atoms with van der Waals surface area (Å²) in [5.74, 6) is 1.18. The Hall–Kier alpha value is -2.84. The fraction of sp³-hybridized carbons (Fsp3) is 0.211. The molecule has 0 N–H and O–H groups in total. The first-order valence-electron chi connectivity index (χ1n) is 8.19. The van der Waals surface area contributed by atoms with E-state index in [0.29, 0.717) is 17.2 Å². The Balaban J connectivity index is 2.04. The second-order valence-electron chi connectivity index (χ2n) is 5.69. The van der Waals surface area contributed by atoms with Crippen LogP contribution in [0.2, 0.25) is 0 Å². The van der Waals surface area contributed by atoms with Crippen molar-refractivity contribution >= 4 is 10.0 Å². The molecule has 8 heteroatoms. The van der Waals surface area contributed by atoms with E-state index in [9.17, 15) is 8.42 Å². The van der Waals surface area contributed by atoms with Gasteiger partial charge in [-0.2, -0.15) is 4.31 Å². The largest absolute Gasteiger partial charge is 0.497 e. The summed E-state index contributed by atoms with van der Waals surface area (Å²) in [7, 11) is -1.02. The number of hydrogen-bond acceptors (Lipinski definition) is 6. The van der Waals surface area contributed by atoms with Crippen molar-refractivity contribution in [1.82, 2.24) is 9.29 Å². The van der Waals surface area contributed by atoms with Crippen LogP contribution in [0.1, 0.15) is 11.5 Å². The maximum Gasteiger partial charge on any atom is 0.247 e. The zero-order valence-electron chi connectivity index (χ0n) is 15.0. The SMILES string of the molecule is COc1ccc(OC)c(S(=O)(=O)N(Cc2ccccn2)Cc2ccco2)c1. The van der Waals surface area contributed by atoms with E-state index in [0.717, 1.165) is 0 Å².